The Kier molecular flexibility index (Phi) is 4.51. The lowest BCUT2D eigenvalue weighted by molar-refractivity contribution is 0.480. The van der Waals surface area contributed by atoms with Crippen LogP contribution in [0.2, 0.25) is 0 Å². The summed E-state index contributed by atoms with van der Waals surface area (Å²) in [5.41, 5.74) is 1.46. The maximum atomic E-state index is 11.5. The first-order valence-corrected chi connectivity index (χ1v) is 8.54. The van der Waals surface area contributed by atoms with Crippen molar-refractivity contribution in [3.63, 3.8) is 0 Å². The van der Waals surface area contributed by atoms with Crippen LogP contribution >= 0.6 is 0 Å². The summed E-state index contributed by atoms with van der Waals surface area (Å²) in [6.45, 7) is 7.19. The summed E-state index contributed by atoms with van der Waals surface area (Å²) >= 11 is 0. The number of phenolic OH excluding ortho intramolecular Hbond substituents is 1. The van der Waals surface area contributed by atoms with Gasteiger partial charge < -0.3 is 9.67 Å². The number of aryl methyl sites for hydroxylation is 1. The van der Waals surface area contributed by atoms with E-state index in [0.29, 0.717) is 33.4 Å². The molecule has 2 aromatic carbocycles. The van der Waals surface area contributed by atoms with Crippen molar-refractivity contribution in [2.45, 2.75) is 46.6 Å². The molecule has 5 nitrogen and oxygen atoms in total. The van der Waals surface area contributed by atoms with Crippen molar-refractivity contribution in [2.24, 2.45) is 11.1 Å². The van der Waals surface area contributed by atoms with Gasteiger partial charge in [-0.2, -0.15) is 0 Å². The van der Waals surface area contributed by atoms with Crippen molar-refractivity contribution in [2.75, 3.05) is 0 Å². The Morgan fingerprint density at radius 3 is 2.58 bits per heavy atom. The van der Waals surface area contributed by atoms with Crippen molar-refractivity contribution in [3.05, 3.63) is 35.0 Å². The van der Waals surface area contributed by atoms with Gasteiger partial charge in [0.15, 0.2) is 0 Å². The molecule has 0 bridgehead atoms. The number of benzene rings is 2. The molecule has 1 N–H and O–H groups in total. The quantitative estimate of drug-likeness (QED) is 0.626. The van der Waals surface area contributed by atoms with Crippen LogP contribution in [0.15, 0.2) is 29.4 Å². The van der Waals surface area contributed by atoms with E-state index in [1.807, 2.05) is 18.2 Å². The number of aromatic hydroxyl groups is 1. The van der Waals surface area contributed by atoms with Crippen LogP contribution in [0.4, 0.5) is 5.69 Å². The van der Waals surface area contributed by atoms with Crippen LogP contribution in [0, 0.1) is 10.8 Å². The van der Waals surface area contributed by atoms with Crippen molar-refractivity contribution >= 4 is 27.5 Å². The van der Waals surface area contributed by atoms with E-state index in [0.717, 1.165) is 31.6 Å². The molecule has 0 saturated heterocycles. The first-order chi connectivity index (χ1) is 11.6. The minimum atomic E-state index is 0.187. The molecule has 24 heavy (non-hydrogen) atoms. The van der Waals surface area contributed by atoms with Crippen LogP contribution in [-0.4, -0.2) is 14.7 Å². The molecule has 0 unspecified atom stereocenters. The maximum Gasteiger partial charge on any atom is 0.149 e. The van der Waals surface area contributed by atoms with E-state index in [9.17, 15) is 10.0 Å². The lowest BCUT2D eigenvalue weighted by Crippen LogP contribution is -2.07. The number of hydrogen-bond acceptors (Lipinski definition) is 4. The largest absolute Gasteiger partial charge is 0.505 e. The summed E-state index contributed by atoms with van der Waals surface area (Å²) in [4.78, 5) is 16.2. The minimum absolute atomic E-state index is 0.187. The lowest BCUT2D eigenvalue weighted by Gasteiger charge is -2.12. The number of phenols is 1. The van der Waals surface area contributed by atoms with E-state index in [-0.39, 0.29) is 5.75 Å². The van der Waals surface area contributed by atoms with Gasteiger partial charge in [-0.15, -0.1) is 4.91 Å². The Morgan fingerprint density at radius 2 is 1.96 bits per heavy atom. The first kappa shape index (κ1) is 16.4. The lowest BCUT2D eigenvalue weighted by atomic mass is 10.1. The van der Waals surface area contributed by atoms with E-state index in [1.165, 1.54) is 0 Å². The number of nitrogens with zero attached hydrogens (tertiary/aromatic N) is 3. The molecule has 1 aromatic heterocycles. The number of imidazole rings is 1. The molecule has 0 atom stereocenters. The van der Waals surface area contributed by atoms with Gasteiger partial charge in [0.05, 0.1) is 0 Å². The standard InChI is InChI=1S/C19H23N3O2/c1-4-5-10-22-15(11-12(2)3)20-17-16(21-24)13-8-6-7-9-14(13)19(23)18(17)22/h6-9,12,23H,4-5,10-11H2,1-3H3. The van der Waals surface area contributed by atoms with Crippen LogP contribution < -0.4 is 0 Å². The molecular formula is C19H23N3O2. The molecule has 0 aliphatic heterocycles. The van der Waals surface area contributed by atoms with Crippen molar-refractivity contribution in [3.8, 4) is 5.75 Å². The fourth-order valence-electron chi connectivity index (χ4n) is 3.23. The monoisotopic (exact) mass is 325 g/mol. The van der Waals surface area contributed by atoms with Crippen LogP contribution in [0.3, 0.4) is 0 Å². The van der Waals surface area contributed by atoms with E-state index in [4.69, 9.17) is 4.98 Å². The highest BCUT2D eigenvalue weighted by molar-refractivity contribution is 6.12. The van der Waals surface area contributed by atoms with Gasteiger partial charge in [0.25, 0.3) is 0 Å². The predicted octanol–water partition coefficient (Wildman–Crippen LogP) is 5.29. The van der Waals surface area contributed by atoms with E-state index in [2.05, 4.69) is 30.5 Å². The number of nitroso groups, excluding NO2 is 1. The molecule has 0 fully saturated rings. The summed E-state index contributed by atoms with van der Waals surface area (Å²) in [5.74, 6) is 1.53. The molecule has 0 spiro atoms. The third-order valence-electron chi connectivity index (χ3n) is 4.35. The topological polar surface area (TPSA) is 67.5 Å². The maximum absolute atomic E-state index is 11.5. The molecular weight excluding hydrogens is 302 g/mol. The van der Waals surface area contributed by atoms with Crippen molar-refractivity contribution in [1.29, 1.82) is 0 Å². The molecule has 1 heterocycles. The van der Waals surface area contributed by atoms with Crippen LogP contribution in [0.25, 0.3) is 21.8 Å². The summed E-state index contributed by atoms with van der Waals surface area (Å²) in [6.07, 6.45) is 2.84. The average molecular weight is 325 g/mol. The van der Waals surface area contributed by atoms with Gasteiger partial charge in [0, 0.05) is 23.7 Å². The van der Waals surface area contributed by atoms with Crippen molar-refractivity contribution < 1.29 is 5.11 Å². The van der Waals surface area contributed by atoms with Gasteiger partial charge in [-0.3, -0.25) is 0 Å². The number of unbranched alkanes of at least 4 members (excludes halogenated alkanes) is 1. The summed E-state index contributed by atoms with van der Waals surface area (Å²) < 4.78 is 2.06. The normalized spacial score (nSPS) is 11.7. The smallest absolute Gasteiger partial charge is 0.149 e. The zero-order chi connectivity index (χ0) is 17.3. The molecule has 126 valence electrons. The second kappa shape index (κ2) is 6.59. The Morgan fingerprint density at radius 1 is 1.25 bits per heavy atom. The van der Waals surface area contributed by atoms with Gasteiger partial charge in [-0.05, 0) is 17.5 Å². The Labute approximate surface area is 141 Å². The highest BCUT2D eigenvalue weighted by Gasteiger charge is 2.22. The molecule has 0 aliphatic carbocycles. The SMILES string of the molecule is CCCCn1c(CC(C)C)nc2c(N=O)c3ccccc3c(O)c21. The molecule has 5 heteroatoms. The summed E-state index contributed by atoms with van der Waals surface area (Å²) in [7, 11) is 0. The van der Waals surface area contributed by atoms with Gasteiger partial charge >= 0.3 is 0 Å². The third kappa shape index (κ3) is 2.64. The van der Waals surface area contributed by atoms with Crippen molar-refractivity contribution in [1.82, 2.24) is 9.55 Å². The third-order valence-corrected chi connectivity index (χ3v) is 4.35. The Bertz CT molecular complexity index is 897. The fraction of sp³-hybridized carbons (Fsp3) is 0.421. The van der Waals surface area contributed by atoms with E-state index >= 15 is 0 Å². The molecule has 0 amide bonds. The van der Waals surface area contributed by atoms with Crippen LogP contribution in [0.5, 0.6) is 5.75 Å². The number of rotatable bonds is 6. The average Bonchev–Trinajstić information content (AvgIpc) is 2.91. The fourth-order valence-corrected chi connectivity index (χ4v) is 3.23. The summed E-state index contributed by atoms with van der Waals surface area (Å²) in [6, 6.07) is 7.31. The number of hydrogen-bond donors (Lipinski definition) is 1. The van der Waals surface area contributed by atoms with E-state index < -0.39 is 0 Å². The van der Waals surface area contributed by atoms with Gasteiger partial charge in [-0.1, -0.05) is 51.5 Å². The van der Waals surface area contributed by atoms with Gasteiger partial charge in [0.1, 0.15) is 28.3 Å². The summed E-state index contributed by atoms with van der Waals surface area (Å²) in [5, 5.41) is 15.4. The number of aromatic nitrogens is 2. The first-order valence-electron chi connectivity index (χ1n) is 8.54. The van der Waals surface area contributed by atoms with E-state index in [1.54, 1.807) is 6.07 Å². The highest BCUT2D eigenvalue weighted by Crippen LogP contribution is 2.42. The molecule has 0 saturated carbocycles. The van der Waals surface area contributed by atoms with Crippen LogP contribution in [-0.2, 0) is 13.0 Å². The number of fused-ring (bicyclic) bond motifs is 2. The molecule has 0 aliphatic rings. The minimum Gasteiger partial charge on any atom is -0.505 e. The Hall–Kier alpha value is -2.43. The second-order valence-electron chi connectivity index (χ2n) is 6.66. The van der Waals surface area contributed by atoms with Gasteiger partial charge in [0.2, 0.25) is 0 Å². The Balaban J connectivity index is 2.40. The molecule has 0 radical (unpaired) electrons. The molecule has 3 rings (SSSR count). The molecule has 3 aromatic rings. The predicted molar refractivity (Wildman–Crippen MR) is 97.8 cm³/mol. The highest BCUT2D eigenvalue weighted by atomic mass is 16.3. The zero-order valence-electron chi connectivity index (χ0n) is 14.4. The zero-order valence-corrected chi connectivity index (χ0v) is 14.4. The second-order valence-corrected chi connectivity index (χ2v) is 6.66. The van der Waals surface area contributed by atoms with Crippen LogP contribution in [0.1, 0.15) is 39.4 Å². The van der Waals surface area contributed by atoms with Gasteiger partial charge in [-0.25, -0.2) is 4.98 Å².